The van der Waals surface area contributed by atoms with Crippen LogP contribution in [0.25, 0.3) is 17.2 Å². The summed E-state index contributed by atoms with van der Waals surface area (Å²) in [5, 5.41) is 2.70. The van der Waals surface area contributed by atoms with E-state index >= 15 is 0 Å². The molecule has 1 aliphatic carbocycles. The summed E-state index contributed by atoms with van der Waals surface area (Å²) in [5.41, 5.74) is 6.68. The topological polar surface area (TPSA) is 38.3 Å². The van der Waals surface area contributed by atoms with Crippen molar-refractivity contribution in [1.82, 2.24) is 5.32 Å². The predicted molar refractivity (Wildman–Crippen MR) is 116 cm³/mol. The third-order valence-corrected chi connectivity index (χ3v) is 5.07. The zero-order valence-electron chi connectivity index (χ0n) is 16.0. The maximum Gasteiger partial charge on any atom is 0.407 e. The molecule has 3 heteroatoms. The van der Waals surface area contributed by atoms with Gasteiger partial charge in [-0.3, -0.25) is 0 Å². The average Bonchev–Trinajstić information content (AvgIpc) is 3.09. The molecule has 142 valence electrons. The van der Waals surface area contributed by atoms with Crippen molar-refractivity contribution < 1.29 is 9.53 Å². The Kier molecular flexibility index (Phi) is 5.45. The Bertz CT molecular complexity index is 1080. The highest BCUT2D eigenvalue weighted by Gasteiger charge is 2.28. The number of fused-ring (bicyclic) bond motifs is 3. The summed E-state index contributed by atoms with van der Waals surface area (Å²) in [4.78, 5) is 12.1. The molecule has 3 aromatic rings. The first-order chi connectivity index (χ1) is 14.3. The average molecular weight is 379 g/mol. The first kappa shape index (κ1) is 18.6. The molecule has 0 radical (unpaired) electrons. The fraction of sp³-hybridized carbons (Fsp3) is 0.115. The molecule has 1 amide bonds. The minimum absolute atomic E-state index is 0.0544. The normalized spacial score (nSPS) is 11.6. The van der Waals surface area contributed by atoms with Crippen LogP contribution < -0.4 is 5.32 Å². The van der Waals surface area contributed by atoms with Crippen molar-refractivity contribution in [3.63, 3.8) is 0 Å². The Balaban J connectivity index is 1.36. The molecule has 1 N–H and O–H groups in total. The van der Waals surface area contributed by atoms with E-state index in [2.05, 4.69) is 48.0 Å². The lowest BCUT2D eigenvalue weighted by Crippen LogP contribution is -2.26. The quantitative estimate of drug-likeness (QED) is 0.631. The van der Waals surface area contributed by atoms with Gasteiger partial charge in [0.25, 0.3) is 0 Å². The van der Waals surface area contributed by atoms with E-state index in [-0.39, 0.29) is 12.5 Å². The second-order valence-electron chi connectivity index (χ2n) is 6.77. The van der Waals surface area contributed by atoms with Crippen LogP contribution in [-0.4, -0.2) is 19.2 Å². The third-order valence-electron chi connectivity index (χ3n) is 5.07. The number of alkyl carbamates (subject to hydrolysis) is 1. The molecular weight excluding hydrogens is 358 g/mol. The molecule has 3 aromatic carbocycles. The molecule has 0 saturated heterocycles. The molecule has 0 saturated carbocycles. The van der Waals surface area contributed by atoms with Gasteiger partial charge in [-0.1, -0.05) is 91.2 Å². The van der Waals surface area contributed by atoms with Crippen molar-refractivity contribution in [1.29, 1.82) is 0 Å². The van der Waals surface area contributed by atoms with E-state index < -0.39 is 6.09 Å². The number of nitrogens with one attached hydrogen (secondary N) is 1. The molecular formula is C26H21NO2. The molecule has 0 fully saturated rings. The van der Waals surface area contributed by atoms with Crippen LogP contribution in [0.15, 0.2) is 79.4 Å². The molecule has 4 rings (SSSR count). The van der Waals surface area contributed by atoms with Gasteiger partial charge >= 0.3 is 6.09 Å². The van der Waals surface area contributed by atoms with Crippen LogP contribution in [0.1, 0.15) is 28.2 Å². The molecule has 0 spiro atoms. The lowest BCUT2D eigenvalue weighted by molar-refractivity contribution is 0.144. The van der Waals surface area contributed by atoms with E-state index in [1.807, 2.05) is 48.5 Å². The number of carbonyl (C=O) groups excluding carboxylic acids is 1. The van der Waals surface area contributed by atoms with Crippen molar-refractivity contribution in [2.45, 2.75) is 5.92 Å². The van der Waals surface area contributed by atoms with Gasteiger partial charge in [0.15, 0.2) is 0 Å². The molecule has 0 unspecified atom stereocenters. The summed E-state index contributed by atoms with van der Waals surface area (Å²) in [6, 6.07) is 24.3. The number of hydrogen-bond donors (Lipinski definition) is 1. The monoisotopic (exact) mass is 379 g/mol. The SMILES string of the molecule is C=Cc1ccccc1C#CCNC(=O)OCC1c2ccccc2-c2ccccc21. The maximum absolute atomic E-state index is 12.1. The van der Waals surface area contributed by atoms with E-state index in [1.165, 1.54) is 22.3 Å². The lowest BCUT2D eigenvalue weighted by atomic mass is 9.98. The molecule has 0 bridgehead atoms. The van der Waals surface area contributed by atoms with Gasteiger partial charge in [0.05, 0.1) is 6.54 Å². The number of carbonyl (C=O) groups is 1. The Morgan fingerprint density at radius 2 is 1.59 bits per heavy atom. The highest BCUT2D eigenvalue weighted by molar-refractivity contribution is 5.79. The van der Waals surface area contributed by atoms with E-state index in [9.17, 15) is 4.79 Å². The highest BCUT2D eigenvalue weighted by atomic mass is 16.5. The number of hydrogen-bond acceptors (Lipinski definition) is 2. The Morgan fingerprint density at radius 3 is 2.28 bits per heavy atom. The van der Waals surface area contributed by atoms with Crippen molar-refractivity contribution in [2.75, 3.05) is 13.2 Å². The molecule has 3 nitrogen and oxygen atoms in total. The van der Waals surface area contributed by atoms with Crippen molar-refractivity contribution >= 4 is 12.2 Å². The fourth-order valence-corrected chi connectivity index (χ4v) is 3.69. The molecule has 0 aromatic heterocycles. The summed E-state index contributed by atoms with van der Waals surface area (Å²) < 4.78 is 5.50. The van der Waals surface area contributed by atoms with Crippen molar-refractivity contribution in [3.8, 4) is 23.0 Å². The lowest BCUT2D eigenvalue weighted by Gasteiger charge is -2.14. The van der Waals surface area contributed by atoms with E-state index in [0.29, 0.717) is 6.61 Å². The van der Waals surface area contributed by atoms with Gasteiger partial charge in [0.2, 0.25) is 0 Å². The van der Waals surface area contributed by atoms with Crippen LogP contribution in [0.3, 0.4) is 0 Å². The Labute approximate surface area is 171 Å². The zero-order valence-corrected chi connectivity index (χ0v) is 16.0. The van der Waals surface area contributed by atoms with Crippen LogP contribution in [0.5, 0.6) is 0 Å². The van der Waals surface area contributed by atoms with Gasteiger partial charge in [-0.2, -0.15) is 0 Å². The fourth-order valence-electron chi connectivity index (χ4n) is 3.69. The molecule has 0 atom stereocenters. The molecule has 29 heavy (non-hydrogen) atoms. The zero-order chi connectivity index (χ0) is 20.1. The molecule has 0 heterocycles. The van der Waals surface area contributed by atoms with Gasteiger partial charge in [0.1, 0.15) is 6.61 Å². The molecule has 0 aliphatic heterocycles. The van der Waals surface area contributed by atoms with Gasteiger partial charge in [-0.25, -0.2) is 4.79 Å². The minimum atomic E-state index is -0.460. The Hall–Kier alpha value is -3.77. The van der Waals surface area contributed by atoms with E-state index in [0.717, 1.165) is 11.1 Å². The van der Waals surface area contributed by atoms with Crippen LogP contribution in [0.2, 0.25) is 0 Å². The van der Waals surface area contributed by atoms with Gasteiger partial charge < -0.3 is 10.1 Å². The number of amides is 1. The van der Waals surface area contributed by atoms with Gasteiger partial charge in [0, 0.05) is 11.5 Å². The Morgan fingerprint density at radius 1 is 0.966 bits per heavy atom. The number of benzene rings is 3. The van der Waals surface area contributed by atoms with Crippen LogP contribution in [0.4, 0.5) is 4.79 Å². The van der Waals surface area contributed by atoms with Gasteiger partial charge in [-0.15, -0.1) is 0 Å². The van der Waals surface area contributed by atoms with Crippen LogP contribution >= 0.6 is 0 Å². The minimum Gasteiger partial charge on any atom is -0.449 e. The predicted octanol–water partition coefficient (Wildman–Crippen LogP) is 5.22. The van der Waals surface area contributed by atoms with Crippen LogP contribution in [-0.2, 0) is 4.74 Å². The standard InChI is InChI=1S/C26H21NO2/c1-2-19-10-3-4-11-20(19)12-9-17-27-26(28)29-18-25-23-15-7-5-13-21(23)22-14-6-8-16-24(22)25/h2-8,10-11,13-16,25H,1,17-18H2,(H,27,28). The summed E-state index contributed by atoms with van der Waals surface area (Å²) in [5.74, 6) is 6.06. The van der Waals surface area contributed by atoms with Crippen molar-refractivity contribution in [3.05, 3.63) is 102 Å². The third kappa shape index (κ3) is 3.93. The highest BCUT2D eigenvalue weighted by Crippen LogP contribution is 2.44. The smallest absolute Gasteiger partial charge is 0.407 e. The van der Waals surface area contributed by atoms with Crippen molar-refractivity contribution in [2.24, 2.45) is 0 Å². The summed E-state index contributed by atoms with van der Waals surface area (Å²) in [6.45, 7) is 4.31. The first-order valence-electron chi connectivity index (χ1n) is 9.57. The van der Waals surface area contributed by atoms with E-state index in [4.69, 9.17) is 4.74 Å². The second kappa shape index (κ2) is 8.50. The van der Waals surface area contributed by atoms with Crippen LogP contribution in [0, 0.1) is 11.8 Å². The summed E-state index contributed by atoms with van der Waals surface area (Å²) in [6.07, 6.45) is 1.31. The maximum atomic E-state index is 12.1. The van der Waals surface area contributed by atoms with Gasteiger partial charge in [-0.05, 0) is 33.9 Å². The largest absolute Gasteiger partial charge is 0.449 e. The molecule has 1 aliphatic rings. The second-order valence-corrected chi connectivity index (χ2v) is 6.77. The first-order valence-corrected chi connectivity index (χ1v) is 9.57. The van der Waals surface area contributed by atoms with E-state index in [1.54, 1.807) is 6.08 Å². The summed E-state index contributed by atoms with van der Waals surface area (Å²) >= 11 is 0. The summed E-state index contributed by atoms with van der Waals surface area (Å²) in [7, 11) is 0. The number of ether oxygens (including phenoxy) is 1. The number of rotatable bonds is 4.